The summed E-state index contributed by atoms with van der Waals surface area (Å²) in [5.41, 5.74) is 7.33. The van der Waals surface area contributed by atoms with Gasteiger partial charge in [-0.05, 0) is 60.3 Å². The molecule has 0 bridgehead atoms. The quantitative estimate of drug-likeness (QED) is 0.177. The van der Waals surface area contributed by atoms with E-state index in [1.54, 1.807) is 0 Å². The third-order valence-corrected chi connectivity index (χ3v) is 7.73. The lowest BCUT2D eigenvalue weighted by Crippen LogP contribution is -2.55. The van der Waals surface area contributed by atoms with Crippen molar-refractivity contribution >= 4 is 28.5 Å². The first kappa shape index (κ1) is 35.2. The van der Waals surface area contributed by atoms with Crippen molar-refractivity contribution in [2.75, 3.05) is 6.54 Å². The molecule has 0 saturated carbocycles. The minimum atomic E-state index is -0.901. The van der Waals surface area contributed by atoms with Gasteiger partial charge in [-0.2, -0.15) is 0 Å². The highest BCUT2D eigenvalue weighted by molar-refractivity contribution is 5.91. The zero-order valence-electron chi connectivity index (χ0n) is 26.5. The Morgan fingerprint density at radius 3 is 2.19 bits per heavy atom. The van der Waals surface area contributed by atoms with Crippen LogP contribution in [0.4, 0.5) is 0 Å². The summed E-state index contributed by atoms with van der Waals surface area (Å²) in [7, 11) is 0. The Hall–Kier alpha value is -2.97. The summed E-state index contributed by atoms with van der Waals surface area (Å²) in [4.78, 5) is 39.5. The Kier molecular flexibility index (Phi) is 15.0. The number of carbonyl (C=O) groups is 3. The second-order valence-electron chi connectivity index (χ2n) is 12.4. The van der Waals surface area contributed by atoms with Crippen molar-refractivity contribution in [3.05, 3.63) is 48.0 Å². The molecule has 42 heavy (non-hydrogen) atoms. The van der Waals surface area contributed by atoms with Gasteiger partial charge < -0.3 is 26.8 Å². The van der Waals surface area contributed by atoms with Gasteiger partial charge in [-0.1, -0.05) is 96.8 Å². The molecule has 2 aromatic carbocycles. The molecule has 5 atom stereocenters. The van der Waals surface area contributed by atoms with Gasteiger partial charge >= 0.3 is 0 Å². The van der Waals surface area contributed by atoms with Crippen LogP contribution in [0, 0.1) is 17.8 Å². The molecule has 6 N–H and O–H groups in total. The highest BCUT2D eigenvalue weighted by Crippen LogP contribution is 2.21. The van der Waals surface area contributed by atoms with Crippen LogP contribution in [0.2, 0.25) is 0 Å². The second-order valence-corrected chi connectivity index (χ2v) is 12.4. The maximum Gasteiger partial charge on any atom is 0.242 e. The van der Waals surface area contributed by atoms with E-state index in [9.17, 15) is 19.5 Å². The number of rotatable bonds is 18. The SMILES string of the molecule is CCCC[C@H](NC(=O)[C@@H](N)Cc1cccc2ccccc12)C(=O)N[C@@H](CC(C)C)[C@@H](O)C[C@H](CC)C(=O)NCC(C)C. The molecule has 2 aromatic rings. The zero-order valence-corrected chi connectivity index (χ0v) is 26.5. The van der Waals surface area contributed by atoms with E-state index >= 15 is 0 Å². The molecule has 0 heterocycles. The van der Waals surface area contributed by atoms with E-state index in [0.29, 0.717) is 38.1 Å². The average Bonchev–Trinajstić information content (AvgIpc) is 2.95. The monoisotopic (exact) mass is 582 g/mol. The molecule has 8 heteroatoms. The summed E-state index contributed by atoms with van der Waals surface area (Å²) in [6.45, 7) is 12.7. The molecule has 0 saturated heterocycles. The molecule has 234 valence electrons. The van der Waals surface area contributed by atoms with Gasteiger partial charge in [0.05, 0.1) is 18.2 Å². The smallest absolute Gasteiger partial charge is 0.242 e. The summed E-state index contributed by atoms with van der Waals surface area (Å²) in [5.74, 6) is -0.609. The minimum Gasteiger partial charge on any atom is -0.391 e. The number of aliphatic hydroxyl groups is 1. The van der Waals surface area contributed by atoms with Gasteiger partial charge in [0.15, 0.2) is 0 Å². The topological polar surface area (TPSA) is 134 Å². The fourth-order valence-corrected chi connectivity index (χ4v) is 5.22. The van der Waals surface area contributed by atoms with Crippen molar-refractivity contribution in [3.8, 4) is 0 Å². The number of carbonyl (C=O) groups excluding carboxylic acids is 3. The number of benzene rings is 2. The van der Waals surface area contributed by atoms with Crippen LogP contribution in [-0.2, 0) is 20.8 Å². The summed E-state index contributed by atoms with van der Waals surface area (Å²) in [5, 5.41) is 22.2. The van der Waals surface area contributed by atoms with Crippen LogP contribution >= 0.6 is 0 Å². The van der Waals surface area contributed by atoms with Crippen LogP contribution < -0.4 is 21.7 Å². The highest BCUT2D eigenvalue weighted by atomic mass is 16.3. The first-order valence-electron chi connectivity index (χ1n) is 15.7. The molecule has 0 aliphatic carbocycles. The normalized spacial score (nSPS) is 15.2. The van der Waals surface area contributed by atoms with Gasteiger partial charge in [0.25, 0.3) is 0 Å². The number of amides is 3. The van der Waals surface area contributed by atoms with E-state index in [0.717, 1.165) is 29.2 Å². The van der Waals surface area contributed by atoms with Gasteiger partial charge in [-0.25, -0.2) is 0 Å². The number of nitrogens with two attached hydrogens (primary N) is 1. The highest BCUT2D eigenvalue weighted by Gasteiger charge is 2.31. The van der Waals surface area contributed by atoms with E-state index in [2.05, 4.69) is 16.0 Å². The van der Waals surface area contributed by atoms with Crippen molar-refractivity contribution in [2.45, 2.75) is 111 Å². The minimum absolute atomic E-state index is 0.0758. The average molecular weight is 583 g/mol. The Morgan fingerprint density at radius 1 is 0.857 bits per heavy atom. The molecule has 3 amide bonds. The van der Waals surface area contributed by atoms with Gasteiger partial charge in [-0.15, -0.1) is 0 Å². The van der Waals surface area contributed by atoms with E-state index in [4.69, 9.17) is 5.73 Å². The number of hydrogen-bond acceptors (Lipinski definition) is 5. The third-order valence-electron chi connectivity index (χ3n) is 7.73. The Labute approximate surface area is 252 Å². The third kappa shape index (κ3) is 11.4. The number of hydrogen-bond donors (Lipinski definition) is 5. The molecule has 0 unspecified atom stereocenters. The van der Waals surface area contributed by atoms with Crippen LogP contribution in [0.25, 0.3) is 10.8 Å². The molecule has 0 radical (unpaired) electrons. The van der Waals surface area contributed by atoms with Gasteiger partial charge in [0.2, 0.25) is 17.7 Å². The van der Waals surface area contributed by atoms with E-state index in [-0.39, 0.29) is 36.0 Å². The molecule has 8 nitrogen and oxygen atoms in total. The number of aliphatic hydroxyl groups excluding tert-OH is 1. The number of unbranched alkanes of at least 4 members (excludes halogenated alkanes) is 1. The van der Waals surface area contributed by atoms with Crippen molar-refractivity contribution in [1.82, 2.24) is 16.0 Å². The molecule has 0 aromatic heterocycles. The number of fused-ring (bicyclic) bond motifs is 1. The summed E-state index contributed by atoms with van der Waals surface area (Å²) >= 11 is 0. The van der Waals surface area contributed by atoms with Crippen molar-refractivity contribution < 1.29 is 19.5 Å². The molecular weight excluding hydrogens is 528 g/mol. The second kappa shape index (κ2) is 17.9. The maximum atomic E-state index is 13.5. The van der Waals surface area contributed by atoms with E-state index in [1.807, 2.05) is 84.0 Å². The van der Waals surface area contributed by atoms with E-state index in [1.165, 1.54) is 0 Å². The maximum absolute atomic E-state index is 13.5. The fourth-order valence-electron chi connectivity index (χ4n) is 5.22. The van der Waals surface area contributed by atoms with Crippen molar-refractivity contribution in [3.63, 3.8) is 0 Å². The summed E-state index contributed by atoms with van der Waals surface area (Å²) in [6.07, 6.45) is 2.92. The molecule has 0 aliphatic heterocycles. The lowest BCUT2D eigenvalue weighted by Gasteiger charge is -2.30. The lowest BCUT2D eigenvalue weighted by atomic mass is 9.90. The molecule has 0 fully saturated rings. The molecule has 2 rings (SSSR count). The Balaban J connectivity index is 2.11. The molecular formula is C34H54N4O4. The van der Waals surface area contributed by atoms with Crippen LogP contribution in [-0.4, -0.2) is 53.6 Å². The largest absolute Gasteiger partial charge is 0.391 e. The van der Waals surface area contributed by atoms with Gasteiger partial charge in [0, 0.05) is 12.5 Å². The Morgan fingerprint density at radius 2 is 1.55 bits per heavy atom. The van der Waals surface area contributed by atoms with Crippen LogP contribution in [0.15, 0.2) is 42.5 Å². The predicted octanol–water partition coefficient (Wildman–Crippen LogP) is 4.46. The Bertz CT molecular complexity index is 1130. The van der Waals surface area contributed by atoms with Crippen LogP contribution in [0.3, 0.4) is 0 Å². The van der Waals surface area contributed by atoms with Crippen molar-refractivity contribution in [2.24, 2.45) is 23.5 Å². The first-order valence-corrected chi connectivity index (χ1v) is 15.7. The fraction of sp³-hybridized carbons (Fsp3) is 0.618. The van der Waals surface area contributed by atoms with Gasteiger partial charge in [-0.3, -0.25) is 14.4 Å². The zero-order chi connectivity index (χ0) is 31.2. The van der Waals surface area contributed by atoms with E-state index < -0.39 is 24.2 Å². The van der Waals surface area contributed by atoms with Crippen molar-refractivity contribution in [1.29, 1.82) is 0 Å². The summed E-state index contributed by atoms with van der Waals surface area (Å²) in [6, 6.07) is 11.8. The predicted molar refractivity (Wildman–Crippen MR) is 171 cm³/mol. The van der Waals surface area contributed by atoms with Crippen LogP contribution in [0.5, 0.6) is 0 Å². The molecule has 0 aliphatic rings. The molecule has 0 spiro atoms. The van der Waals surface area contributed by atoms with Crippen LogP contribution in [0.1, 0.15) is 85.6 Å². The van der Waals surface area contributed by atoms with Gasteiger partial charge in [0.1, 0.15) is 6.04 Å². The standard InChI is InChI=1S/C34H54N4O4/c1-7-9-17-29(37-33(41)28(35)19-26-15-12-14-25-13-10-11-16-27(25)26)34(42)38-30(18-22(3)4)31(39)20-24(8-2)32(40)36-21-23(5)6/h10-16,22-24,28-31,39H,7-9,17-21,35H2,1-6H3,(H,36,40)(H,37,41)(H,38,42)/t24-,28-,29-,30-,31-/m0/s1. The first-order chi connectivity index (χ1) is 20.0. The summed E-state index contributed by atoms with van der Waals surface area (Å²) < 4.78 is 0. The number of nitrogens with one attached hydrogen (secondary N) is 3. The lowest BCUT2D eigenvalue weighted by molar-refractivity contribution is -0.131.